The van der Waals surface area contributed by atoms with E-state index in [1.807, 2.05) is 53.4 Å². The van der Waals surface area contributed by atoms with Crippen LogP contribution >= 0.6 is 11.6 Å². The maximum Gasteiger partial charge on any atom is 0.254 e. The van der Waals surface area contributed by atoms with Gasteiger partial charge in [0.05, 0.1) is 0 Å². The number of nitrogens with zero attached hydrogens (tertiary/aromatic N) is 2. The van der Waals surface area contributed by atoms with Crippen LogP contribution in [-0.4, -0.2) is 27.3 Å². The minimum Gasteiger partial charge on any atom is -0.473 e. The molecule has 4 aromatic rings. The van der Waals surface area contributed by atoms with Crippen molar-refractivity contribution in [2.24, 2.45) is 0 Å². The molecule has 0 saturated carbocycles. The fourth-order valence-electron chi connectivity index (χ4n) is 3.90. The molecule has 30 heavy (non-hydrogen) atoms. The third-order valence-corrected chi connectivity index (χ3v) is 5.67. The van der Waals surface area contributed by atoms with Crippen molar-refractivity contribution in [2.75, 3.05) is 6.54 Å². The van der Waals surface area contributed by atoms with E-state index in [0.717, 1.165) is 28.5 Å². The van der Waals surface area contributed by atoms with Crippen LogP contribution in [0.4, 0.5) is 0 Å². The molecule has 3 heterocycles. The number of ether oxygens (including phenoxy) is 1. The molecule has 5 rings (SSSR count). The second kappa shape index (κ2) is 7.84. The van der Waals surface area contributed by atoms with E-state index in [1.165, 1.54) is 5.69 Å². The lowest BCUT2D eigenvalue weighted by molar-refractivity contribution is 0.0734. The van der Waals surface area contributed by atoms with Crippen LogP contribution in [0.5, 0.6) is 5.88 Å². The summed E-state index contributed by atoms with van der Waals surface area (Å²) in [5, 5.41) is 1.78. The predicted molar refractivity (Wildman–Crippen MR) is 117 cm³/mol. The number of aromatic amines is 1. The Labute approximate surface area is 179 Å². The number of hydrogen-bond acceptors (Lipinski definition) is 3. The number of rotatable bonds is 4. The number of carbonyl (C=O) groups is 1. The number of halogens is 1. The van der Waals surface area contributed by atoms with Crippen molar-refractivity contribution in [2.45, 2.75) is 19.6 Å². The number of H-pyrrole nitrogens is 1. The summed E-state index contributed by atoms with van der Waals surface area (Å²) < 4.78 is 5.78. The quantitative estimate of drug-likeness (QED) is 0.508. The largest absolute Gasteiger partial charge is 0.473 e. The van der Waals surface area contributed by atoms with E-state index in [0.29, 0.717) is 36.2 Å². The smallest absolute Gasteiger partial charge is 0.254 e. The van der Waals surface area contributed by atoms with Gasteiger partial charge in [0.25, 0.3) is 5.91 Å². The van der Waals surface area contributed by atoms with E-state index in [-0.39, 0.29) is 5.91 Å². The molecule has 1 aliphatic rings. The summed E-state index contributed by atoms with van der Waals surface area (Å²) >= 11 is 6.19. The number of aromatic nitrogens is 2. The van der Waals surface area contributed by atoms with E-state index in [4.69, 9.17) is 16.3 Å². The molecule has 0 unspecified atom stereocenters. The molecule has 0 saturated heterocycles. The molecule has 5 nitrogen and oxygen atoms in total. The molecule has 0 spiro atoms. The van der Waals surface area contributed by atoms with Crippen molar-refractivity contribution in [3.05, 3.63) is 94.3 Å². The highest BCUT2D eigenvalue weighted by Gasteiger charge is 2.25. The average molecular weight is 418 g/mol. The van der Waals surface area contributed by atoms with Gasteiger partial charge in [-0.3, -0.25) is 4.79 Å². The molecule has 6 heteroatoms. The van der Waals surface area contributed by atoms with Gasteiger partial charge in [0.1, 0.15) is 6.61 Å². The third-order valence-electron chi connectivity index (χ3n) is 5.44. The summed E-state index contributed by atoms with van der Waals surface area (Å²) in [5.41, 5.74) is 5.01. The highest BCUT2D eigenvalue weighted by Crippen LogP contribution is 2.30. The summed E-state index contributed by atoms with van der Waals surface area (Å²) in [5.74, 6) is 0.422. The summed E-state index contributed by atoms with van der Waals surface area (Å²) in [4.78, 5) is 22.7. The highest BCUT2D eigenvalue weighted by atomic mass is 35.5. The zero-order valence-electron chi connectivity index (χ0n) is 16.3. The van der Waals surface area contributed by atoms with E-state index >= 15 is 0 Å². The summed E-state index contributed by atoms with van der Waals surface area (Å²) in [6, 6.07) is 19.2. The number of benzene rings is 2. The Hall–Kier alpha value is -3.31. The molecule has 0 fully saturated rings. The fraction of sp³-hybridized carbons (Fsp3) is 0.167. The first-order chi connectivity index (χ1) is 14.7. The second-order valence-corrected chi connectivity index (χ2v) is 7.84. The Morgan fingerprint density at radius 2 is 2.00 bits per heavy atom. The van der Waals surface area contributed by atoms with Crippen LogP contribution in [0.1, 0.15) is 27.2 Å². The van der Waals surface area contributed by atoms with Gasteiger partial charge in [-0.1, -0.05) is 41.9 Å². The Morgan fingerprint density at radius 3 is 2.87 bits per heavy atom. The summed E-state index contributed by atoms with van der Waals surface area (Å²) in [6.45, 7) is 1.63. The highest BCUT2D eigenvalue weighted by molar-refractivity contribution is 6.31. The lowest BCUT2D eigenvalue weighted by Crippen LogP contribution is -2.35. The van der Waals surface area contributed by atoms with Crippen molar-refractivity contribution in [1.82, 2.24) is 14.9 Å². The molecular formula is C24H20ClN3O2. The van der Waals surface area contributed by atoms with Crippen LogP contribution in [0, 0.1) is 0 Å². The average Bonchev–Trinajstić information content (AvgIpc) is 3.15. The Balaban J connectivity index is 1.34. The van der Waals surface area contributed by atoms with Crippen LogP contribution in [0.15, 0.2) is 66.9 Å². The molecule has 150 valence electrons. The summed E-state index contributed by atoms with van der Waals surface area (Å²) in [7, 11) is 0. The molecule has 0 atom stereocenters. The number of hydrogen-bond donors (Lipinski definition) is 1. The maximum absolute atomic E-state index is 13.2. The van der Waals surface area contributed by atoms with Gasteiger partial charge in [-0.25, -0.2) is 4.98 Å². The zero-order chi connectivity index (χ0) is 20.5. The molecule has 1 aliphatic heterocycles. The monoisotopic (exact) mass is 417 g/mol. The van der Waals surface area contributed by atoms with Gasteiger partial charge in [-0.2, -0.15) is 0 Å². The van der Waals surface area contributed by atoms with Gasteiger partial charge >= 0.3 is 0 Å². The van der Waals surface area contributed by atoms with Gasteiger partial charge in [0.15, 0.2) is 0 Å². The standard InChI is InChI=1S/C24H20ClN3O2/c25-18-6-7-21-19(13-18)20-14-28(11-9-22(20)27-21)24(29)17-8-10-26-23(12-17)30-15-16-4-2-1-3-5-16/h1-8,10,12-13,27H,9,11,14-15H2. The second-order valence-electron chi connectivity index (χ2n) is 7.41. The van der Waals surface area contributed by atoms with E-state index in [2.05, 4.69) is 9.97 Å². The van der Waals surface area contributed by atoms with Gasteiger partial charge in [-0.15, -0.1) is 0 Å². The van der Waals surface area contributed by atoms with Crippen LogP contribution in [0.3, 0.4) is 0 Å². The minimum absolute atomic E-state index is 0.0241. The molecule has 1 N–H and O–H groups in total. The van der Waals surface area contributed by atoms with E-state index < -0.39 is 0 Å². The molecule has 2 aromatic heterocycles. The normalized spacial score (nSPS) is 13.3. The SMILES string of the molecule is O=C(c1ccnc(OCc2ccccc2)c1)N1CCc2[nH]c3ccc(Cl)cc3c2C1. The van der Waals surface area contributed by atoms with Gasteiger partial charge in [0, 0.05) is 64.5 Å². The number of pyridine rings is 1. The van der Waals surface area contributed by atoms with Crippen molar-refractivity contribution < 1.29 is 9.53 Å². The van der Waals surface area contributed by atoms with E-state index in [1.54, 1.807) is 18.3 Å². The van der Waals surface area contributed by atoms with Crippen molar-refractivity contribution in [3.8, 4) is 5.88 Å². The molecule has 1 amide bonds. The summed E-state index contributed by atoms with van der Waals surface area (Å²) in [6.07, 6.45) is 2.41. The number of fused-ring (bicyclic) bond motifs is 3. The first-order valence-electron chi connectivity index (χ1n) is 9.88. The van der Waals surface area contributed by atoms with Crippen LogP contribution < -0.4 is 4.74 Å². The van der Waals surface area contributed by atoms with Crippen LogP contribution in [0.25, 0.3) is 10.9 Å². The number of carbonyl (C=O) groups excluding carboxylic acids is 1. The number of nitrogens with one attached hydrogen (secondary N) is 1. The Bertz CT molecular complexity index is 1220. The third kappa shape index (κ3) is 3.64. The maximum atomic E-state index is 13.2. The first kappa shape index (κ1) is 18.7. The molecular weight excluding hydrogens is 398 g/mol. The van der Waals surface area contributed by atoms with Gasteiger partial charge < -0.3 is 14.6 Å². The van der Waals surface area contributed by atoms with Gasteiger partial charge in [-0.05, 0) is 29.8 Å². The fourth-order valence-corrected chi connectivity index (χ4v) is 4.07. The minimum atomic E-state index is -0.0241. The zero-order valence-corrected chi connectivity index (χ0v) is 17.0. The van der Waals surface area contributed by atoms with Crippen LogP contribution in [0.2, 0.25) is 5.02 Å². The topological polar surface area (TPSA) is 58.2 Å². The van der Waals surface area contributed by atoms with Crippen molar-refractivity contribution in [3.63, 3.8) is 0 Å². The Kier molecular flexibility index (Phi) is 4.89. The first-order valence-corrected chi connectivity index (χ1v) is 10.3. The predicted octanol–water partition coefficient (Wildman–Crippen LogP) is 4.99. The van der Waals surface area contributed by atoms with Crippen LogP contribution in [-0.2, 0) is 19.6 Å². The Morgan fingerprint density at radius 1 is 1.13 bits per heavy atom. The van der Waals surface area contributed by atoms with E-state index in [9.17, 15) is 4.79 Å². The van der Waals surface area contributed by atoms with Gasteiger partial charge in [0.2, 0.25) is 5.88 Å². The molecule has 0 aliphatic carbocycles. The lowest BCUT2D eigenvalue weighted by atomic mass is 10.0. The molecule has 2 aromatic carbocycles. The van der Waals surface area contributed by atoms with Crippen molar-refractivity contribution in [1.29, 1.82) is 0 Å². The number of amides is 1. The van der Waals surface area contributed by atoms with Crippen molar-refractivity contribution >= 4 is 28.4 Å². The molecule has 0 bridgehead atoms. The molecule has 0 radical (unpaired) electrons. The lowest BCUT2D eigenvalue weighted by Gasteiger charge is -2.27.